The first-order chi connectivity index (χ1) is 10.4. The lowest BCUT2D eigenvalue weighted by Gasteiger charge is -2.02. The van der Waals surface area contributed by atoms with E-state index in [0.29, 0.717) is 11.1 Å². The maximum Gasteiger partial charge on any atom is 0.335 e. The Hall–Kier alpha value is -2.62. The quantitative estimate of drug-likeness (QED) is 0.900. The Kier molecular flexibility index (Phi) is 6.32. The second kappa shape index (κ2) is 7.98. The molecule has 2 rings (SSSR count). The first-order valence-electron chi connectivity index (χ1n) is 6.99. The molecule has 0 fully saturated rings. The van der Waals surface area contributed by atoms with Crippen LogP contribution < -0.4 is 0 Å². The highest BCUT2D eigenvalue weighted by Gasteiger charge is 2.06. The molecule has 0 amide bonds. The molecule has 2 aromatic carbocycles. The predicted octanol–water partition coefficient (Wildman–Crippen LogP) is 3.95. The van der Waals surface area contributed by atoms with Crippen LogP contribution in [0.1, 0.15) is 44.3 Å². The topological polar surface area (TPSA) is 74.6 Å². The zero-order chi connectivity index (χ0) is 16.7. The van der Waals surface area contributed by atoms with Crippen LogP contribution in [-0.2, 0) is 6.42 Å². The molecule has 0 saturated heterocycles. The number of aromatic carboxylic acids is 2. The van der Waals surface area contributed by atoms with E-state index < -0.39 is 11.9 Å². The molecule has 0 saturated carbocycles. The summed E-state index contributed by atoms with van der Waals surface area (Å²) in [6.45, 7) is 5.67. The molecule has 2 N–H and O–H groups in total. The second-order valence-corrected chi connectivity index (χ2v) is 4.87. The molecule has 0 bridgehead atoms. The lowest BCUT2D eigenvalue weighted by Crippen LogP contribution is -2.00. The zero-order valence-corrected chi connectivity index (χ0v) is 13.0. The van der Waals surface area contributed by atoms with Crippen LogP contribution in [-0.4, -0.2) is 22.2 Å². The number of benzene rings is 2. The first-order valence-corrected chi connectivity index (χ1v) is 6.99. The van der Waals surface area contributed by atoms with Gasteiger partial charge in [0.2, 0.25) is 0 Å². The van der Waals surface area contributed by atoms with Gasteiger partial charge in [0.05, 0.1) is 11.1 Å². The number of hydrogen-bond donors (Lipinski definition) is 2. The minimum atomic E-state index is -0.855. The molecule has 4 nitrogen and oxygen atoms in total. The maximum absolute atomic E-state index is 10.6. The van der Waals surface area contributed by atoms with Gasteiger partial charge in [0, 0.05) is 0 Å². The summed E-state index contributed by atoms with van der Waals surface area (Å²) < 4.78 is 0. The van der Waals surface area contributed by atoms with Gasteiger partial charge >= 0.3 is 11.9 Å². The van der Waals surface area contributed by atoms with Crippen molar-refractivity contribution in [3.05, 3.63) is 70.3 Å². The molecular weight excluding hydrogens is 280 g/mol. The molecule has 0 aliphatic rings. The smallest absolute Gasteiger partial charge is 0.335 e. The first kappa shape index (κ1) is 17.4. The lowest BCUT2D eigenvalue weighted by molar-refractivity contribution is 0.0685. The van der Waals surface area contributed by atoms with E-state index in [4.69, 9.17) is 10.2 Å². The third-order valence-electron chi connectivity index (χ3n) is 3.46. The summed E-state index contributed by atoms with van der Waals surface area (Å²) in [5, 5.41) is 17.4. The molecule has 0 aromatic heterocycles. The number of carboxylic acids is 2. The van der Waals surface area contributed by atoms with Crippen LogP contribution in [0.5, 0.6) is 0 Å². The fourth-order valence-corrected chi connectivity index (χ4v) is 2.02. The van der Waals surface area contributed by atoms with E-state index in [1.807, 2.05) is 39.0 Å². The summed E-state index contributed by atoms with van der Waals surface area (Å²) in [5.74, 6) is -1.70. The average Bonchev–Trinajstić information content (AvgIpc) is 2.50. The van der Waals surface area contributed by atoms with Gasteiger partial charge < -0.3 is 10.2 Å². The van der Waals surface area contributed by atoms with Crippen molar-refractivity contribution in [2.24, 2.45) is 0 Å². The number of carboxylic acid groups (broad SMARTS) is 2. The van der Waals surface area contributed by atoms with Gasteiger partial charge in [-0.25, -0.2) is 9.59 Å². The Labute approximate surface area is 130 Å². The molecule has 116 valence electrons. The molecule has 0 spiro atoms. The van der Waals surface area contributed by atoms with E-state index in [1.54, 1.807) is 24.3 Å². The van der Waals surface area contributed by atoms with Crippen LogP contribution in [0.25, 0.3) is 0 Å². The highest BCUT2D eigenvalue weighted by Crippen LogP contribution is 2.12. The van der Waals surface area contributed by atoms with E-state index in [1.165, 1.54) is 0 Å². The number of rotatable bonds is 3. The molecule has 0 unspecified atom stereocenters. The lowest BCUT2D eigenvalue weighted by atomic mass is 10.0. The third kappa shape index (κ3) is 4.45. The second-order valence-electron chi connectivity index (χ2n) is 4.87. The zero-order valence-electron chi connectivity index (χ0n) is 13.0. The largest absolute Gasteiger partial charge is 0.478 e. The molecule has 0 aliphatic carbocycles. The summed E-state index contributed by atoms with van der Waals surface area (Å²) in [6, 6.07) is 12.3. The third-order valence-corrected chi connectivity index (χ3v) is 3.46. The molecule has 0 heterocycles. The fraction of sp³-hybridized carbons (Fsp3) is 0.222. The Morgan fingerprint density at radius 2 is 1.41 bits per heavy atom. The van der Waals surface area contributed by atoms with Gasteiger partial charge in [-0.3, -0.25) is 0 Å². The van der Waals surface area contributed by atoms with E-state index in [-0.39, 0.29) is 0 Å². The normalized spacial score (nSPS) is 9.59. The van der Waals surface area contributed by atoms with Crippen molar-refractivity contribution >= 4 is 11.9 Å². The van der Waals surface area contributed by atoms with Gasteiger partial charge in [-0.2, -0.15) is 0 Å². The van der Waals surface area contributed by atoms with Crippen LogP contribution in [0.2, 0.25) is 0 Å². The molecule has 22 heavy (non-hydrogen) atoms. The fourth-order valence-electron chi connectivity index (χ4n) is 2.02. The van der Waals surface area contributed by atoms with E-state index >= 15 is 0 Å². The van der Waals surface area contributed by atoms with Crippen molar-refractivity contribution in [3.63, 3.8) is 0 Å². The van der Waals surface area contributed by atoms with Crippen LogP contribution in [0.4, 0.5) is 0 Å². The summed E-state index contributed by atoms with van der Waals surface area (Å²) in [7, 11) is 0. The Morgan fingerprint density at radius 3 is 1.86 bits per heavy atom. The van der Waals surface area contributed by atoms with Gasteiger partial charge in [-0.15, -0.1) is 0 Å². The Bertz CT molecular complexity index is 675. The summed E-state index contributed by atoms with van der Waals surface area (Å²) in [5.41, 5.74) is 3.56. The van der Waals surface area contributed by atoms with E-state index in [9.17, 15) is 9.59 Å². The number of hydrogen-bond acceptors (Lipinski definition) is 2. The number of aryl methyl sites for hydroxylation is 2. The van der Waals surface area contributed by atoms with Crippen LogP contribution in [0, 0.1) is 13.8 Å². The predicted molar refractivity (Wildman–Crippen MR) is 85.7 cm³/mol. The van der Waals surface area contributed by atoms with Gasteiger partial charge in [-0.05, 0) is 49.1 Å². The molecule has 0 atom stereocenters. The Morgan fingerprint density at radius 1 is 0.864 bits per heavy atom. The molecular formula is C18H20O4. The Balaban J connectivity index is 0.000000220. The summed E-state index contributed by atoms with van der Waals surface area (Å²) in [4.78, 5) is 21.2. The highest BCUT2D eigenvalue weighted by atomic mass is 16.4. The molecule has 4 heteroatoms. The maximum atomic E-state index is 10.6. The monoisotopic (exact) mass is 300 g/mol. The molecule has 2 aromatic rings. The van der Waals surface area contributed by atoms with Crippen LogP contribution in [0.3, 0.4) is 0 Å². The van der Waals surface area contributed by atoms with Crippen molar-refractivity contribution in [1.82, 2.24) is 0 Å². The van der Waals surface area contributed by atoms with Crippen molar-refractivity contribution in [2.75, 3.05) is 0 Å². The van der Waals surface area contributed by atoms with Gasteiger partial charge in [0.1, 0.15) is 0 Å². The highest BCUT2D eigenvalue weighted by molar-refractivity contribution is 5.89. The SMILES string of the molecule is CCc1ccccc1C(=O)O.Cc1cccc(C(=O)O)c1C. The standard InChI is InChI=1S/2C9H10O2/c1-6-4-3-5-8(7(6)2)9(10)11;1-2-7-5-3-4-6-8(7)9(10)11/h3-5H,1-2H3,(H,10,11);3-6H,2H2,1H3,(H,10,11). The minimum Gasteiger partial charge on any atom is -0.478 e. The van der Waals surface area contributed by atoms with Crippen molar-refractivity contribution < 1.29 is 19.8 Å². The molecule has 0 radical (unpaired) electrons. The van der Waals surface area contributed by atoms with Gasteiger partial charge in [0.15, 0.2) is 0 Å². The van der Waals surface area contributed by atoms with Gasteiger partial charge in [0.25, 0.3) is 0 Å². The minimum absolute atomic E-state index is 0.394. The van der Waals surface area contributed by atoms with Crippen molar-refractivity contribution in [2.45, 2.75) is 27.2 Å². The average molecular weight is 300 g/mol. The van der Waals surface area contributed by atoms with E-state index in [0.717, 1.165) is 23.1 Å². The van der Waals surface area contributed by atoms with Crippen molar-refractivity contribution in [3.8, 4) is 0 Å². The van der Waals surface area contributed by atoms with Crippen molar-refractivity contribution in [1.29, 1.82) is 0 Å². The van der Waals surface area contributed by atoms with Gasteiger partial charge in [-0.1, -0.05) is 37.3 Å². The number of carbonyl (C=O) groups is 2. The summed E-state index contributed by atoms with van der Waals surface area (Å²) in [6.07, 6.45) is 0.766. The van der Waals surface area contributed by atoms with Crippen LogP contribution >= 0.6 is 0 Å². The molecule has 0 aliphatic heterocycles. The summed E-state index contributed by atoms with van der Waals surface area (Å²) >= 11 is 0. The van der Waals surface area contributed by atoms with Crippen LogP contribution in [0.15, 0.2) is 42.5 Å². The van der Waals surface area contributed by atoms with E-state index in [2.05, 4.69) is 0 Å².